The molecule has 2 aromatic rings. The Morgan fingerprint density at radius 3 is 2.75 bits per heavy atom. The number of alkyl halides is 1. The van der Waals surface area contributed by atoms with E-state index in [0.29, 0.717) is 5.88 Å². The van der Waals surface area contributed by atoms with Crippen LogP contribution >= 0.6 is 11.6 Å². The molecule has 1 aliphatic carbocycles. The third-order valence-corrected chi connectivity index (χ3v) is 5.05. The fourth-order valence-corrected chi connectivity index (χ4v) is 3.43. The van der Waals surface area contributed by atoms with Crippen molar-refractivity contribution in [3.63, 3.8) is 0 Å². The number of aromatic nitrogens is 1. The van der Waals surface area contributed by atoms with Gasteiger partial charge in [-0.15, -0.1) is 11.6 Å². The van der Waals surface area contributed by atoms with Crippen molar-refractivity contribution in [1.82, 2.24) is 4.98 Å². The van der Waals surface area contributed by atoms with Crippen molar-refractivity contribution in [1.29, 1.82) is 0 Å². The Hall–Kier alpha value is -1.28. The molecule has 0 radical (unpaired) electrons. The smallest absolute Gasteiger partial charge is 0.0722 e. The second-order valence-electron chi connectivity index (χ2n) is 6.10. The van der Waals surface area contributed by atoms with Gasteiger partial charge in [0.15, 0.2) is 0 Å². The summed E-state index contributed by atoms with van der Waals surface area (Å²) in [4.78, 5) is 4.42. The minimum atomic E-state index is 0.0399. The molecule has 3 rings (SSSR count). The van der Waals surface area contributed by atoms with Gasteiger partial charge in [-0.2, -0.15) is 0 Å². The molecule has 2 nitrogen and oxygen atoms in total. The predicted molar refractivity (Wildman–Crippen MR) is 86.4 cm³/mol. The molecule has 0 aliphatic heterocycles. The lowest BCUT2D eigenvalue weighted by Gasteiger charge is -2.39. The number of para-hydroxylation sites is 1. The van der Waals surface area contributed by atoms with E-state index in [1.54, 1.807) is 0 Å². The lowest BCUT2D eigenvalue weighted by Crippen LogP contribution is -2.43. The maximum Gasteiger partial charge on any atom is 0.0722 e. The summed E-state index contributed by atoms with van der Waals surface area (Å²) in [5, 5.41) is 4.91. The first kappa shape index (κ1) is 13.7. The van der Waals surface area contributed by atoms with Gasteiger partial charge in [-0.05, 0) is 43.7 Å². The lowest BCUT2D eigenvalue weighted by atomic mass is 9.78. The predicted octanol–water partition coefficient (Wildman–Crippen LogP) is 4.83. The van der Waals surface area contributed by atoms with Crippen molar-refractivity contribution in [3.05, 3.63) is 36.5 Å². The molecule has 0 atom stereocenters. The molecule has 1 aromatic carbocycles. The molecule has 106 valence electrons. The SMILES string of the molecule is CC1CCC(CCl)(Nc2ccnc3ccccc23)CC1. The molecule has 1 aromatic heterocycles. The average Bonchev–Trinajstić information content (AvgIpc) is 2.50. The fourth-order valence-electron chi connectivity index (χ4n) is 3.10. The van der Waals surface area contributed by atoms with Crippen LogP contribution in [0.5, 0.6) is 0 Å². The summed E-state index contributed by atoms with van der Waals surface area (Å²) in [5.74, 6) is 1.48. The molecule has 0 spiro atoms. The van der Waals surface area contributed by atoms with E-state index in [0.717, 1.165) is 30.0 Å². The van der Waals surface area contributed by atoms with Crippen LogP contribution in [0.25, 0.3) is 10.9 Å². The molecular formula is C17H21ClN2. The van der Waals surface area contributed by atoms with Gasteiger partial charge >= 0.3 is 0 Å². The molecular weight excluding hydrogens is 268 g/mol. The standard InChI is InChI=1S/C17H21ClN2/c1-13-6-9-17(12-18,10-7-13)20-16-8-11-19-15-5-3-2-4-14(15)16/h2-5,8,11,13H,6-7,9-10,12H2,1H3,(H,19,20). The van der Waals surface area contributed by atoms with Crippen LogP contribution in [0.4, 0.5) is 5.69 Å². The average molecular weight is 289 g/mol. The number of fused-ring (bicyclic) bond motifs is 1. The van der Waals surface area contributed by atoms with E-state index in [9.17, 15) is 0 Å². The highest BCUT2D eigenvalue weighted by atomic mass is 35.5. The van der Waals surface area contributed by atoms with E-state index in [2.05, 4.69) is 41.5 Å². The summed E-state index contributed by atoms with van der Waals surface area (Å²) >= 11 is 6.31. The lowest BCUT2D eigenvalue weighted by molar-refractivity contribution is 0.287. The van der Waals surface area contributed by atoms with E-state index in [-0.39, 0.29) is 5.54 Å². The summed E-state index contributed by atoms with van der Waals surface area (Å²) in [6.07, 6.45) is 6.67. The molecule has 1 fully saturated rings. The summed E-state index contributed by atoms with van der Waals surface area (Å²) < 4.78 is 0. The number of hydrogen-bond acceptors (Lipinski definition) is 2. The fraction of sp³-hybridized carbons (Fsp3) is 0.471. The van der Waals surface area contributed by atoms with E-state index in [4.69, 9.17) is 11.6 Å². The van der Waals surface area contributed by atoms with Crippen LogP contribution in [0.2, 0.25) is 0 Å². The maximum atomic E-state index is 6.31. The quantitative estimate of drug-likeness (QED) is 0.818. The molecule has 3 heteroatoms. The molecule has 0 unspecified atom stereocenters. The normalized spacial score (nSPS) is 26.6. The van der Waals surface area contributed by atoms with Crippen LogP contribution in [0.3, 0.4) is 0 Å². The first-order chi connectivity index (χ1) is 9.72. The van der Waals surface area contributed by atoms with Gasteiger partial charge < -0.3 is 5.32 Å². The van der Waals surface area contributed by atoms with E-state index >= 15 is 0 Å². The highest BCUT2D eigenvalue weighted by molar-refractivity contribution is 6.19. The van der Waals surface area contributed by atoms with Gasteiger partial charge in [0.2, 0.25) is 0 Å². The Bertz CT molecular complexity index is 583. The number of halogens is 1. The van der Waals surface area contributed by atoms with Crippen molar-refractivity contribution in [2.45, 2.75) is 38.1 Å². The van der Waals surface area contributed by atoms with Gasteiger partial charge in [0.25, 0.3) is 0 Å². The van der Waals surface area contributed by atoms with Crippen LogP contribution in [-0.2, 0) is 0 Å². The van der Waals surface area contributed by atoms with E-state index in [1.165, 1.54) is 18.2 Å². The molecule has 1 N–H and O–H groups in total. The van der Waals surface area contributed by atoms with E-state index in [1.807, 2.05) is 12.3 Å². The summed E-state index contributed by atoms with van der Waals surface area (Å²) in [7, 11) is 0. The number of benzene rings is 1. The van der Waals surface area contributed by atoms with Gasteiger partial charge in [-0.3, -0.25) is 4.98 Å². The van der Waals surface area contributed by atoms with Crippen molar-refractivity contribution in [2.24, 2.45) is 5.92 Å². The zero-order chi connectivity index (χ0) is 14.0. The number of hydrogen-bond donors (Lipinski definition) is 1. The maximum absolute atomic E-state index is 6.31. The second-order valence-corrected chi connectivity index (χ2v) is 6.36. The van der Waals surface area contributed by atoms with Crippen molar-refractivity contribution in [3.8, 4) is 0 Å². The number of anilines is 1. The minimum absolute atomic E-state index is 0.0399. The van der Waals surface area contributed by atoms with Gasteiger partial charge in [0.1, 0.15) is 0 Å². The molecule has 20 heavy (non-hydrogen) atoms. The molecule has 0 saturated heterocycles. The highest BCUT2D eigenvalue weighted by Crippen LogP contribution is 2.36. The third-order valence-electron chi connectivity index (χ3n) is 4.54. The third kappa shape index (κ3) is 2.62. The Balaban J connectivity index is 1.91. The number of rotatable bonds is 3. The first-order valence-corrected chi connectivity index (χ1v) is 7.94. The van der Waals surface area contributed by atoms with Gasteiger partial charge in [0.05, 0.1) is 11.1 Å². The van der Waals surface area contributed by atoms with Crippen LogP contribution < -0.4 is 5.32 Å². The Kier molecular flexibility index (Phi) is 3.84. The molecule has 0 bridgehead atoms. The topological polar surface area (TPSA) is 24.9 Å². The Labute approximate surface area is 125 Å². The van der Waals surface area contributed by atoms with Crippen LogP contribution in [0.1, 0.15) is 32.6 Å². The van der Waals surface area contributed by atoms with Gasteiger partial charge in [-0.25, -0.2) is 0 Å². The molecule has 1 aliphatic rings. The highest BCUT2D eigenvalue weighted by Gasteiger charge is 2.33. The summed E-state index contributed by atoms with van der Waals surface area (Å²) in [5.41, 5.74) is 2.23. The van der Waals surface area contributed by atoms with Crippen molar-refractivity contribution < 1.29 is 0 Å². The van der Waals surface area contributed by atoms with Crippen LogP contribution in [0, 0.1) is 5.92 Å². The summed E-state index contributed by atoms with van der Waals surface area (Å²) in [6, 6.07) is 10.3. The second kappa shape index (κ2) is 5.61. The monoisotopic (exact) mass is 288 g/mol. The minimum Gasteiger partial charge on any atom is -0.378 e. The van der Waals surface area contributed by atoms with Gasteiger partial charge in [0, 0.05) is 23.2 Å². The van der Waals surface area contributed by atoms with Crippen molar-refractivity contribution >= 4 is 28.2 Å². The van der Waals surface area contributed by atoms with Gasteiger partial charge in [-0.1, -0.05) is 25.1 Å². The Morgan fingerprint density at radius 1 is 1.25 bits per heavy atom. The Morgan fingerprint density at radius 2 is 2.00 bits per heavy atom. The summed E-state index contributed by atoms with van der Waals surface area (Å²) in [6.45, 7) is 2.33. The zero-order valence-corrected chi connectivity index (χ0v) is 12.7. The number of nitrogens with zero attached hydrogens (tertiary/aromatic N) is 1. The zero-order valence-electron chi connectivity index (χ0n) is 11.9. The molecule has 1 heterocycles. The van der Waals surface area contributed by atoms with Crippen LogP contribution in [-0.4, -0.2) is 16.4 Å². The largest absolute Gasteiger partial charge is 0.378 e. The first-order valence-electron chi connectivity index (χ1n) is 7.40. The number of nitrogens with one attached hydrogen (secondary N) is 1. The van der Waals surface area contributed by atoms with Crippen LogP contribution in [0.15, 0.2) is 36.5 Å². The number of pyridine rings is 1. The molecule has 0 amide bonds. The van der Waals surface area contributed by atoms with Crippen molar-refractivity contribution in [2.75, 3.05) is 11.2 Å². The molecule has 1 saturated carbocycles. The van der Waals surface area contributed by atoms with E-state index < -0.39 is 0 Å².